The minimum Gasteiger partial charge on any atom is -0.497 e. The average molecular weight is 288 g/mol. The third-order valence-corrected chi connectivity index (χ3v) is 4.69. The van der Waals surface area contributed by atoms with Gasteiger partial charge >= 0.3 is 0 Å². The normalized spacial score (nSPS) is 16.9. The predicted octanol–water partition coefficient (Wildman–Crippen LogP) is -0.0314. The standard InChI is InChI=1S/C10H12N2O6S/c1-18-8-2-3-10(9(4-8)12(14)15)19(16,17)11-5-7(13)6-11/h2-4,7,13H,5-6H2,1H3. The van der Waals surface area contributed by atoms with Gasteiger partial charge in [0.1, 0.15) is 5.75 Å². The summed E-state index contributed by atoms with van der Waals surface area (Å²) in [5.41, 5.74) is -0.541. The second kappa shape index (κ2) is 4.76. The zero-order valence-corrected chi connectivity index (χ0v) is 10.8. The number of methoxy groups -OCH3 is 1. The minimum absolute atomic E-state index is 0.0501. The summed E-state index contributed by atoms with van der Waals surface area (Å²) in [6.45, 7) is -0.100. The fourth-order valence-corrected chi connectivity index (χ4v) is 3.39. The highest BCUT2D eigenvalue weighted by atomic mass is 32.2. The fourth-order valence-electron chi connectivity index (χ4n) is 1.74. The molecule has 1 N–H and O–H groups in total. The first-order chi connectivity index (χ1) is 8.86. The number of ether oxygens (including phenoxy) is 1. The molecule has 1 saturated heterocycles. The number of sulfonamides is 1. The Morgan fingerprint density at radius 1 is 1.47 bits per heavy atom. The van der Waals surface area contributed by atoms with Crippen LogP contribution in [0.3, 0.4) is 0 Å². The lowest BCUT2D eigenvalue weighted by Crippen LogP contribution is -2.53. The molecule has 1 aromatic carbocycles. The van der Waals surface area contributed by atoms with Gasteiger partial charge in [-0.1, -0.05) is 0 Å². The van der Waals surface area contributed by atoms with Crippen LogP contribution in [0.25, 0.3) is 0 Å². The van der Waals surface area contributed by atoms with E-state index in [1.54, 1.807) is 0 Å². The number of nitrogens with zero attached hydrogens (tertiary/aromatic N) is 2. The molecule has 1 aliphatic heterocycles. The van der Waals surface area contributed by atoms with E-state index in [0.717, 1.165) is 16.4 Å². The van der Waals surface area contributed by atoms with E-state index >= 15 is 0 Å². The van der Waals surface area contributed by atoms with Crippen molar-refractivity contribution in [1.82, 2.24) is 4.31 Å². The number of β-amino-alcohol motifs (C(OH)–C–C–N with tert-alkyl or cyclic N) is 1. The van der Waals surface area contributed by atoms with Gasteiger partial charge in [0.2, 0.25) is 10.0 Å². The van der Waals surface area contributed by atoms with Gasteiger partial charge in [0.25, 0.3) is 5.69 Å². The van der Waals surface area contributed by atoms with Crippen LogP contribution in [-0.2, 0) is 10.0 Å². The highest BCUT2D eigenvalue weighted by Gasteiger charge is 2.39. The summed E-state index contributed by atoms with van der Waals surface area (Å²) >= 11 is 0. The molecule has 0 unspecified atom stereocenters. The molecule has 2 rings (SSSR count). The average Bonchev–Trinajstić information content (AvgIpc) is 2.34. The van der Waals surface area contributed by atoms with Crippen LogP contribution in [0.1, 0.15) is 0 Å². The number of nitro groups is 1. The van der Waals surface area contributed by atoms with E-state index in [-0.39, 0.29) is 18.8 Å². The summed E-state index contributed by atoms with van der Waals surface area (Å²) in [6.07, 6.45) is -0.716. The van der Waals surface area contributed by atoms with E-state index in [0.29, 0.717) is 0 Å². The molecule has 0 bridgehead atoms. The lowest BCUT2D eigenvalue weighted by Gasteiger charge is -2.34. The molecule has 1 fully saturated rings. The molecule has 0 spiro atoms. The molecule has 0 amide bonds. The number of rotatable bonds is 4. The molecule has 1 heterocycles. The third kappa shape index (κ3) is 2.39. The summed E-state index contributed by atoms with van der Waals surface area (Å²) in [7, 11) is -2.63. The zero-order chi connectivity index (χ0) is 14.2. The van der Waals surface area contributed by atoms with Crippen LogP contribution in [0.4, 0.5) is 5.69 Å². The Bertz CT molecular complexity index is 608. The Morgan fingerprint density at radius 3 is 2.58 bits per heavy atom. The van der Waals surface area contributed by atoms with Gasteiger partial charge in [-0.05, 0) is 12.1 Å². The second-order valence-electron chi connectivity index (χ2n) is 4.07. The number of hydrogen-bond donors (Lipinski definition) is 1. The molecule has 19 heavy (non-hydrogen) atoms. The Labute approximate surface area is 109 Å². The summed E-state index contributed by atoms with van der Waals surface area (Å²) in [5.74, 6) is 0.203. The SMILES string of the molecule is COc1ccc(S(=O)(=O)N2CC(O)C2)c([N+](=O)[O-])c1. The van der Waals surface area contributed by atoms with Crippen molar-refractivity contribution in [3.8, 4) is 5.75 Å². The van der Waals surface area contributed by atoms with Gasteiger partial charge in [0, 0.05) is 13.1 Å². The Kier molecular flexibility index (Phi) is 3.43. The maximum Gasteiger partial charge on any atom is 0.293 e. The number of hydrogen-bond acceptors (Lipinski definition) is 6. The molecule has 0 radical (unpaired) electrons. The lowest BCUT2D eigenvalue weighted by molar-refractivity contribution is -0.388. The van der Waals surface area contributed by atoms with Crippen molar-refractivity contribution in [1.29, 1.82) is 0 Å². The summed E-state index contributed by atoms with van der Waals surface area (Å²) in [6, 6.07) is 3.54. The van der Waals surface area contributed by atoms with E-state index in [2.05, 4.69) is 0 Å². The smallest absolute Gasteiger partial charge is 0.293 e. The first-order valence-electron chi connectivity index (χ1n) is 5.37. The van der Waals surface area contributed by atoms with Crippen LogP contribution >= 0.6 is 0 Å². The van der Waals surface area contributed by atoms with Crippen molar-refractivity contribution >= 4 is 15.7 Å². The summed E-state index contributed by atoms with van der Waals surface area (Å²) in [4.78, 5) is 9.78. The maximum absolute atomic E-state index is 12.2. The Balaban J connectivity index is 2.47. The van der Waals surface area contributed by atoms with E-state index in [9.17, 15) is 18.5 Å². The highest BCUT2D eigenvalue weighted by molar-refractivity contribution is 7.89. The van der Waals surface area contributed by atoms with Crippen molar-refractivity contribution in [2.75, 3.05) is 20.2 Å². The highest BCUT2D eigenvalue weighted by Crippen LogP contribution is 2.32. The molecular weight excluding hydrogens is 276 g/mol. The van der Waals surface area contributed by atoms with Crippen LogP contribution in [0, 0.1) is 10.1 Å². The molecule has 0 aromatic heterocycles. The minimum atomic E-state index is -3.96. The molecule has 0 atom stereocenters. The Morgan fingerprint density at radius 2 is 2.11 bits per heavy atom. The van der Waals surface area contributed by atoms with Crippen molar-refractivity contribution < 1.29 is 23.2 Å². The molecular formula is C10H12N2O6S. The van der Waals surface area contributed by atoms with Gasteiger partial charge in [0.05, 0.1) is 24.2 Å². The number of benzene rings is 1. The van der Waals surface area contributed by atoms with Gasteiger partial charge < -0.3 is 9.84 Å². The number of aliphatic hydroxyl groups excluding tert-OH is 1. The molecule has 8 nitrogen and oxygen atoms in total. The lowest BCUT2D eigenvalue weighted by atomic mass is 10.2. The monoisotopic (exact) mass is 288 g/mol. The first-order valence-corrected chi connectivity index (χ1v) is 6.81. The quantitative estimate of drug-likeness (QED) is 0.615. The van der Waals surface area contributed by atoms with Crippen LogP contribution in [0.5, 0.6) is 5.75 Å². The predicted molar refractivity (Wildman–Crippen MR) is 64.4 cm³/mol. The number of aliphatic hydroxyl groups is 1. The van der Waals surface area contributed by atoms with Gasteiger partial charge in [-0.2, -0.15) is 4.31 Å². The van der Waals surface area contributed by atoms with Crippen LogP contribution in [0.15, 0.2) is 23.1 Å². The van der Waals surface area contributed by atoms with Crippen molar-refractivity contribution in [2.24, 2.45) is 0 Å². The van der Waals surface area contributed by atoms with Gasteiger partial charge in [0.15, 0.2) is 4.90 Å². The topological polar surface area (TPSA) is 110 Å². The molecule has 1 aromatic rings. The van der Waals surface area contributed by atoms with Crippen LogP contribution in [-0.4, -0.2) is 49.1 Å². The van der Waals surface area contributed by atoms with E-state index < -0.39 is 31.6 Å². The zero-order valence-electron chi connectivity index (χ0n) is 10.0. The fraction of sp³-hybridized carbons (Fsp3) is 0.400. The van der Waals surface area contributed by atoms with Crippen molar-refractivity contribution in [3.05, 3.63) is 28.3 Å². The number of nitro benzene ring substituents is 1. The molecule has 0 aliphatic carbocycles. The van der Waals surface area contributed by atoms with Crippen LogP contribution in [0.2, 0.25) is 0 Å². The molecule has 9 heteroatoms. The molecule has 104 valence electrons. The van der Waals surface area contributed by atoms with Gasteiger partial charge in [-0.3, -0.25) is 10.1 Å². The van der Waals surface area contributed by atoms with Crippen molar-refractivity contribution in [3.63, 3.8) is 0 Å². The van der Waals surface area contributed by atoms with Crippen LogP contribution < -0.4 is 4.74 Å². The third-order valence-electron chi connectivity index (χ3n) is 2.81. The molecule has 1 aliphatic rings. The van der Waals surface area contributed by atoms with E-state index in [4.69, 9.17) is 9.84 Å². The van der Waals surface area contributed by atoms with E-state index in [1.165, 1.54) is 13.2 Å². The summed E-state index contributed by atoms with van der Waals surface area (Å²) in [5, 5.41) is 20.1. The Hall–Kier alpha value is -1.71. The molecule has 0 saturated carbocycles. The largest absolute Gasteiger partial charge is 0.497 e. The summed E-state index contributed by atoms with van der Waals surface area (Å²) < 4.78 is 30.1. The maximum atomic E-state index is 12.2. The van der Waals surface area contributed by atoms with Crippen molar-refractivity contribution in [2.45, 2.75) is 11.0 Å². The van der Waals surface area contributed by atoms with E-state index in [1.807, 2.05) is 0 Å². The first kappa shape index (κ1) is 13.7. The van der Waals surface area contributed by atoms with Gasteiger partial charge in [-0.25, -0.2) is 8.42 Å². The second-order valence-corrected chi connectivity index (χ2v) is 5.97. The van der Waals surface area contributed by atoms with Gasteiger partial charge in [-0.15, -0.1) is 0 Å².